The van der Waals surface area contributed by atoms with Gasteiger partial charge in [0.25, 0.3) is 0 Å². The Balaban J connectivity index is 1.71. The molecule has 1 aromatic heterocycles. The zero-order chi connectivity index (χ0) is 14.9. The molecule has 0 saturated heterocycles. The second kappa shape index (κ2) is 8.69. The van der Waals surface area contributed by atoms with Crippen molar-refractivity contribution in [2.75, 3.05) is 26.1 Å². The molecule has 114 valence electrons. The second-order valence-electron chi connectivity index (χ2n) is 4.66. The minimum Gasteiger partial charge on any atom is -0.493 e. The molecule has 2 rings (SSSR count). The summed E-state index contributed by atoms with van der Waals surface area (Å²) >= 11 is 1.66. The van der Waals surface area contributed by atoms with Crippen LogP contribution in [0.1, 0.15) is 12.0 Å². The molecular formula is C15H21N3O2S. The Morgan fingerprint density at radius 1 is 1.19 bits per heavy atom. The van der Waals surface area contributed by atoms with Crippen LogP contribution in [0.2, 0.25) is 0 Å². The number of benzene rings is 1. The van der Waals surface area contributed by atoms with E-state index in [-0.39, 0.29) is 0 Å². The largest absolute Gasteiger partial charge is 0.493 e. The third kappa shape index (κ3) is 5.40. The van der Waals surface area contributed by atoms with Gasteiger partial charge in [-0.25, -0.2) is 0 Å². The summed E-state index contributed by atoms with van der Waals surface area (Å²) in [4.78, 5) is 0. The zero-order valence-electron chi connectivity index (χ0n) is 12.5. The van der Waals surface area contributed by atoms with Gasteiger partial charge in [0, 0.05) is 26.0 Å². The maximum Gasteiger partial charge on any atom is 0.191 e. The summed E-state index contributed by atoms with van der Waals surface area (Å²) in [5.74, 6) is 1.75. The minimum atomic E-state index is 0.651. The van der Waals surface area contributed by atoms with Gasteiger partial charge in [0.1, 0.15) is 12.1 Å². The first-order valence-corrected chi connectivity index (χ1v) is 7.97. The lowest BCUT2D eigenvalue weighted by molar-refractivity contribution is 0.189. The van der Waals surface area contributed by atoms with Crippen LogP contribution in [0.25, 0.3) is 0 Å². The smallest absolute Gasteiger partial charge is 0.191 e. The van der Waals surface area contributed by atoms with Crippen molar-refractivity contribution in [3.8, 4) is 5.75 Å². The van der Waals surface area contributed by atoms with Gasteiger partial charge in [-0.2, -0.15) is 0 Å². The zero-order valence-corrected chi connectivity index (χ0v) is 13.3. The summed E-state index contributed by atoms with van der Waals surface area (Å²) in [6, 6.07) is 8.09. The van der Waals surface area contributed by atoms with Crippen molar-refractivity contribution < 1.29 is 9.47 Å². The molecule has 6 heteroatoms. The lowest BCUT2D eigenvalue weighted by Crippen LogP contribution is -2.04. The standard InChI is InChI=1S/C15H21N3O2S/c1-13-4-6-14(7-5-13)20-10-11-21-15-17-16-12-18(15)8-3-9-19-2/h4-7,12H,3,8-11H2,1-2H3. The van der Waals surface area contributed by atoms with Gasteiger partial charge in [0.15, 0.2) is 5.16 Å². The molecule has 21 heavy (non-hydrogen) atoms. The predicted octanol–water partition coefficient (Wildman–Crippen LogP) is 2.79. The molecule has 0 aliphatic heterocycles. The molecule has 0 aliphatic carbocycles. The normalized spacial score (nSPS) is 10.8. The highest BCUT2D eigenvalue weighted by Gasteiger charge is 2.04. The summed E-state index contributed by atoms with van der Waals surface area (Å²) < 4.78 is 12.8. The van der Waals surface area contributed by atoms with Crippen molar-refractivity contribution in [3.05, 3.63) is 36.2 Å². The Bertz CT molecular complexity index is 528. The summed E-state index contributed by atoms with van der Waals surface area (Å²) in [6.45, 7) is 4.34. The topological polar surface area (TPSA) is 49.2 Å². The van der Waals surface area contributed by atoms with Crippen LogP contribution in [0.3, 0.4) is 0 Å². The van der Waals surface area contributed by atoms with Crippen LogP contribution in [-0.4, -0.2) is 40.8 Å². The first kappa shape index (κ1) is 15.9. The van der Waals surface area contributed by atoms with E-state index in [2.05, 4.69) is 33.8 Å². The van der Waals surface area contributed by atoms with Gasteiger partial charge in [-0.05, 0) is 25.5 Å². The van der Waals surface area contributed by atoms with E-state index in [9.17, 15) is 0 Å². The van der Waals surface area contributed by atoms with E-state index in [1.54, 1.807) is 25.2 Å². The number of aromatic nitrogens is 3. The Morgan fingerprint density at radius 2 is 2.00 bits per heavy atom. The molecular weight excluding hydrogens is 286 g/mol. The fourth-order valence-electron chi connectivity index (χ4n) is 1.82. The third-order valence-corrected chi connectivity index (χ3v) is 3.88. The molecule has 0 atom stereocenters. The van der Waals surface area contributed by atoms with E-state index in [0.717, 1.165) is 36.2 Å². The van der Waals surface area contributed by atoms with Crippen LogP contribution >= 0.6 is 11.8 Å². The highest BCUT2D eigenvalue weighted by molar-refractivity contribution is 7.99. The number of rotatable bonds is 9. The van der Waals surface area contributed by atoms with Gasteiger partial charge in [-0.15, -0.1) is 10.2 Å². The fourth-order valence-corrected chi connectivity index (χ4v) is 2.57. The van der Waals surface area contributed by atoms with Crippen molar-refractivity contribution in [1.82, 2.24) is 14.8 Å². The van der Waals surface area contributed by atoms with Gasteiger partial charge in [0.05, 0.1) is 6.61 Å². The Morgan fingerprint density at radius 3 is 2.76 bits per heavy atom. The Kier molecular flexibility index (Phi) is 6.56. The first-order valence-electron chi connectivity index (χ1n) is 6.98. The molecule has 1 aromatic carbocycles. The van der Waals surface area contributed by atoms with E-state index in [1.165, 1.54) is 5.56 Å². The van der Waals surface area contributed by atoms with Gasteiger partial charge < -0.3 is 14.0 Å². The number of hydrogen-bond acceptors (Lipinski definition) is 5. The quantitative estimate of drug-likeness (QED) is 0.526. The maximum absolute atomic E-state index is 5.70. The second-order valence-corrected chi connectivity index (χ2v) is 5.73. The molecule has 5 nitrogen and oxygen atoms in total. The Labute approximate surface area is 129 Å². The van der Waals surface area contributed by atoms with Crippen molar-refractivity contribution in [2.24, 2.45) is 0 Å². The summed E-state index contributed by atoms with van der Waals surface area (Å²) in [5.41, 5.74) is 1.24. The highest BCUT2D eigenvalue weighted by Crippen LogP contribution is 2.16. The molecule has 0 aliphatic rings. The molecule has 2 aromatic rings. The van der Waals surface area contributed by atoms with E-state index < -0.39 is 0 Å². The predicted molar refractivity (Wildman–Crippen MR) is 83.9 cm³/mol. The van der Waals surface area contributed by atoms with Gasteiger partial charge in [-0.1, -0.05) is 29.5 Å². The molecule has 0 saturated carbocycles. The first-order chi connectivity index (χ1) is 10.3. The average molecular weight is 307 g/mol. The van der Waals surface area contributed by atoms with E-state index >= 15 is 0 Å². The summed E-state index contributed by atoms with van der Waals surface area (Å²) in [7, 11) is 1.71. The summed E-state index contributed by atoms with van der Waals surface area (Å²) in [6.07, 6.45) is 2.72. The number of ether oxygens (including phenoxy) is 2. The average Bonchev–Trinajstić information content (AvgIpc) is 2.93. The molecule has 0 unspecified atom stereocenters. The third-order valence-electron chi connectivity index (χ3n) is 2.93. The number of hydrogen-bond donors (Lipinski definition) is 0. The lowest BCUT2D eigenvalue weighted by atomic mass is 10.2. The number of methoxy groups -OCH3 is 1. The molecule has 0 bridgehead atoms. The van der Waals surface area contributed by atoms with E-state index in [1.807, 2.05) is 12.1 Å². The summed E-state index contributed by atoms with van der Waals surface area (Å²) in [5, 5.41) is 9.02. The van der Waals surface area contributed by atoms with Crippen LogP contribution in [-0.2, 0) is 11.3 Å². The van der Waals surface area contributed by atoms with E-state index in [4.69, 9.17) is 9.47 Å². The van der Waals surface area contributed by atoms with Gasteiger partial charge in [0.2, 0.25) is 0 Å². The molecule has 0 spiro atoms. The monoisotopic (exact) mass is 307 g/mol. The van der Waals surface area contributed by atoms with Crippen LogP contribution in [0.5, 0.6) is 5.75 Å². The number of thioether (sulfide) groups is 1. The van der Waals surface area contributed by atoms with Crippen molar-refractivity contribution in [3.63, 3.8) is 0 Å². The van der Waals surface area contributed by atoms with Crippen molar-refractivity contribution in [2.45, 2.75) is 25.0 Å². The lowest BCUT2D eigenvalue weighted by Gasteiger charge is -2.07. The van der Waals surface area contributed by atoms with Crippen LogP contribution in [0, 0.1) is 6.92 Å². The maximum atomic E-state index is 5.70. The van der Waals surface area contributed by atoms with Crippen molar-refractivity contribution >= 4 is 11.8 Å². The minimum absolute atomic E-state index is 0.651. The van der Waals surface area contributed by atoms with Crippen molar-refractivity contribution in [1.29, 1.82) is 0 Å². The van der Waals surface area contributed by atoms with E-state index in [0.29, 0.717) is 6.61 Å². The molecule has 0 radical (unpaired) electrons. The molecule has 0 fully saturated rings. The Hall–Kier alpha value is -1.53. The molecule has 1 heterocycles. The fraction of sp³-hybridized carbons (Fsp3) is 0.467. The van der Waals surface area contributed by atoms with Gasteiger partial charge >= 0.3 is 0 Å². The highest BCUT2D eigenvalue weighted by atomic mass is 32.2. The van der Waals surface area contributed by atoms with Crippen LogP contribution in [0.4, 0.5) is 0 Å². The van der Waals surface area contributed by atoms with Crippen LogP contribution in [0.15, 0.2) is 35.7 Å². The number of aryl methyl sites for hydroxylation is 2. The van der Waals surface area contributed by atoms with Gasteiger partial charge in [-0.3, -0.25) is 0 Å². The van der Waals surface area contributed by atoms with Crippen LogP contribution < -0.4 is 4.74 Å². The molecule has 0 N–H and O–H groups in total. The molecule has 0 amide bonds. The number of nitrogens with zero attached hydrogens (tertiary/aromatic N) is 3. The SMILES string of the molecule is COCCCn1cnnc1SCCOc1ccc(C)cc1.